The van der Waals surface area contributed by atoms with Crippen LogP contribution in [0.4, 0.5) is 11.4 Å². The topological polar surface area (TPSA) is 15.3 Å². The molecule has 0 amide bonds. The van der Waals surface area contributed by atoms with Crippen molar-refractivity contribution in [1.82, 2.24) is 0 Å². The van der Waals surface area contributed by atoms with Gasteiger partial charge in [-0.05, 0) is 44.9 Å². The zero-order valence-corrected chi connectivity index (χ0v) is 9.88. The molecule has 2 rings (SSSR count). The number of nitrogens with one attached hydrogen (secondary N) is 1. The van der Waals surface area contributed by atoms with E-state index in [4.69, 9.17) is 0 Å². The van der Waals surface area contributed by atoms with Gasteiger partial charge < -0.3 is 10.2 Å². The molecule has 0 unspecified atom stereocenters. The summed E-state index contributed by atoms with van der Waals surface area (Å²) in [5.74, 6) is 0. The second-order valence-corrected chi connectivity index (χ2v) is 4.59. The minimum absolute atomic E-state index is 0.575. The fraction of sp³-hybridized carbons (Fsp3) is 0.538. The Kier molecular flexibility index (Phi) is 2.85. The quantitative estimate of drug-likeness (QED) is 0.756. The van der Waals surface area contributed by atoms with Crippen LogP contribution in [-0.2, 0) is 0 Å². The molecule has 82 valence electrons. The maximum absolute atomic E-state index is 3.51. The van der Waals surface area contributed by atoms with Crippen LogP contribution in [0.5, 0.6) is 0 Å². The van der Waals surface area contributed by atoms with Crippen LogP contribution in [0.2, 0.25) is 0 Å². The minimum Gasteiger partial charge on any atom is -0.383 e. The lowest BCUT2D eigenvalue weighted by Crippen LogP contribution is -2.31. The number of aryl methyl sites for hydroxylation is 1. The van der Waals surface area contributed by atoms with Gasteiger partial charge in [-0.3, -0.25) is 0 Å². The van der Waals surface area contributed by atoms with Gasteiger partial charge in [0.1, 0.15) is 0 Å². The molecular formula is C13H20N2. The van der Waals surface area contributed by atoms with E-state index in [1.165, 1.54) is 23.4 Å². The summed E-state index contributed by atoms with van der Waals surface area (Å²) in [5, 5.41) is 3.51. The van der Waals surface area contributed by atoms with Gasteiger partial charge in [-0.1, -0.05) is 6.07 Å². The largest absolute Gasteiger partial charge is 0.383 e. The number of anilines is 2. The zero-order valence-electron chi connectivity index (χ0n) is 9.88. The van der Waals surface area contributed by atoms with Crippen LogP contribution in [-0.4, -0.2) is 19.1 Å². The molecule has 0 fully saturated rings. The molecule has 0 aromatic heterocycles. The first-order valence-corrected chi connectivity index (χ1v) is 5.79. The second-order valence-electron chi connectivity index (χ2n) is 4.59. The van der Waals surface area contributed by atoms with Crippen molar-refractivity contribution >= 4 is 11.4 Å². The van der Waals surface area contributed by atoms with Gasteiger partial charge in [0.25, 0.3) is 0 Å². The Hall–Kier alpha value is -1.18. The van der Waals surface area contributed by atoms with Gasteiger partial charge in [0.05, 0.1) is 11.4 Å². The average molecular weight is 204 g/mol. The molecular weight excluding hydrogens is 184 g/mol. The maximum atomic E-state index is 3.51. The van der Waals surface area contributed by atoms with Crippen LogP contribution in [0.25, 0.3) is 0 Å². The van der Waals surface area contributed by atoms with E-state index in [-0.39, 0.29) is 0 Å². The fourth-order valence-electron chi connectivity index (χ4n) is 2.17. The molecule has 0 atom stereocenters. The standard InChI is InChI=1S/C13H20N2/c1-10(2)15-8-4-7-14-12-9-11(3)5-6-13(12)15/h5-6,9-10,14H,4,7-8H2,1-3H3. The van der Waals surface area contributed by atoms with E-state index >= 15 is 0 Å². The molecule has 0 saturated heterocycles. The van der Waals surface area contributed by atoms with E-state index in [1.807, 2.05) is 0 Å². The highest BCUT2D eigenvalue weighted by atomic mass is 15.2. The van der Waals surface area contributed by atoms with Crippen LogP contribution >= 0.6 is 0 Å². The van der Waals surface area contributed by atoms with Crippen molar-refractivity contribution in [2.24, 2.45) is 0 Å². The van der Waals surface area contributed by atoms with E-state index in [2.05, 4.69) is 49.2 Å². The van der Waals surface area contributed by atoms with Gasteiger partial charge in [-0.25, -0.2) is 0 Å². The number of hydrogen-bond donors (Lipinski definition) is 1. The molecule has 1 N–H and O–H groups in total. The van der Waals surface area contributed by atoms with Crippen molar-refractivity contribution in [3.63, 3.8) is 0 Å². The SMILES string of the molecule is Cc1ccc2c(c1)NCCCN2C(C)C. The highest BCUT2D eigenvalue weighted by Crippen LogP contribution is 2.30. The Morgan fingerprint density at radius 3 is 2.87 bits per heavy atom. The van der Waals surface area contributed by atoms with Gasteiger partial charge >= 0.3 is 0 Å². The van der Waals surface area contributed by atoms with E-state index in [1.54, 1.807) is 0 Å². The fourth-order valence-corrected chi connectivity index (χ4v) is 2.17. The summed E-state index contributed by atoms with van der Waals surface area (Å²) in [6, 6.07) is 7.26. The third-order valence-electron chi connectivity index (χ3n) is 2.98. The van der Waals surface area contributed by atoms with Gasteiger partial charge in [0, 0.05) is 19.1 Å². The molecule has 0 radical (unpaired) electrons. The molecule has 1 aromatic carbocycles. The Bertz CT molecular complexity index is 344. The first-order valence-electron chi connectivity index (χ1n) is 5.79. The lowest BCUT2D eigenvalue weighted by Gasteiger charge is -2.28. The Morgan fingerprint density at radius 1 is 1.33 bits per heavy atom. The van der Waals surface area contributed by atoms with Gasteiger partial charge in [-0.15, -0.1) is 0 Å². The summed E-state index contributed by atoms with van der Waals surface area (Å²) in [5.41, 5.74) is 3.97. The minimum atomic E-state index is 0.575. The van der Waals surface area contributed by atoms with Crippen LogP contribution in [0.15, 0.2) is 18.2 Å². The molecule has 2 heteroatoms. The predicted octanol–water partition coefficient (Wildman–Crippen LogP) is 3.03. The van der Waals surface area contributed by atoms with Crippen LogP contribution in [0.1, 0.15) is 25.8 Å². The Balaban J connectivity index is 2.40. The van der Waals surface area contributed by atoms with Crippen LogP contribution in [0, 0.1) is 6.92 Å². The van der Waals surface area contributed by atoms with Crippen molar-refractivity contribution in [2.75, 3.05) is 23.3 Å². The summed E-state index contributed by atoms with van der Waals surface area (Å²) in [7, 11) is 0. The summed E-state index contributed by atoms with van der Waals surface area (Å²) in [6.07, 6.45) is 1.21. The van der Waals surface area contributed by atoms with Crippen molar-refractivity contribution in [1.29, 1.82) is 0 Å². The number of hydrogen-bond acceptors (Lipinski definition) is 2. The van der Waals surface area contributed by atoms with E-state index in [9.17, 15) is 0 Å². The zero-order chi connectivity index (χ0) is 10.8. The Morgan fingerprint density at radius 2 is 2.13 bits per heavy atom. The molecule has 1 aliphatic heterocycles. The van der Waals surface area contributed by atoms with Gasteiger partial charge in [0.2, 0.25) is 0 Å². The van der Waals surface area contributed by atoms with Gasteiger partial charge in [-0.2, -0.15) is 0 Å². The summed E-state index contributed by atoms with van der Waals surface area (Å²) >= 11 is 0. The molecule has 1 aromatic rings. The monoisotopic (exact) mass is 204 g/mol. The Labute approximate surface area is 92.3 Å². The smallest absolute Gasteiger partial charge is 0.0604 e. The van der Waals surface area contributed by atoms with Crippen molar-refractivity contribution in [3.05, 3.63) is 23.8 Å². The van der Waals surface area contributed by atoms with E-state index in [0.29, 0.717) is 6.04 Å². The highest BCUT2D eigenvalue weighted by Gasteiger charge is 2.16. The lowest BCUT2D eigenvalue weighted by atomic mass is 10.1. The third kappa shape index (κ3) is 2.09. The van der Waals surface area contributed by atoms with Crippen molar-refractivity contribution in [3.8, 4) is 0 Å². The maximum Gasteiger partial charge on any atom is 0.0604 e. The number of nitrogens with zero attached hydrogens (tertiary/aromatic N) is 1. The third-order valence-corrected chi connectivity index (χ3v) is 2.98. The van der Waals surface area contributed by atoms with E-state index in [0.717, 1.165) is 13.1 Å². The van der Waals surface area contributed by atoms with Crippen molar-refractivity contribution < 1.29 is 0 Å². The van der Waals surface area contributed by atoms with Crippen LogP contribution < -0.4 is 10.2 Å². The molecule has 0 bridgehead atoms. The normalized spacial score (nSPS) is 15.9. The van der Waals surface area contributed by atoms with Gasteiger partial charge in [0.15, 0.2) is 0 Å². The molecule has 2 nitrogen and oxygen atoms in total. The number of fused-ring (bicyclic) bond motifs is 1. The summed E-state index contributed by atoms with van der Waals surface area (Å²) in [4.78, 5) is 2.48. The summed E-state index contributed by atoms with van der Waals surface area (Å²) in [6.45, 7) is 8.90. The number of rotatable bonds is 1. The molecule has 0 saturated carbocycles. The first kappa shape index (κ1) is 10.3. The molecule has 1 heterocycles. The summed E-state index contributed by atoms with van der Waals surface area (Å²) < 4.78 is 0. The lowest BCUT2D eigenvalue weighted by molar-refractivity contribution is 0.672. The second kappa shape index (κ2) is 4.13. The molecule has 15 heavy (non-hydrogen) atoms. The van der Waals surface area contributed by atoms with E-state index < -0.39 is 0 Å². The predicted molar refractivity (Wildman–Crippen MR) is 66.8 cm³/mol. The number of benzene rings is 1. The first-order chi connectivity index (χ1) is 7.18. The highest BCUT2D eigenvalue weighted by molar-refractivity contribution is 5.72. The molecule has 1 aliphatic rings. The molecule has 0 spiro atoms. The van der Waals surface area contributed by atoms with Crippen LogP contribution in [0.3, 0.4) is 0 Å². The average Bonchev–Trinajstić information content (AvgIpc) is 2.38. The van der Waals surface area contributed by atoms with Crippen molar-refractivity contribution in [2.45, 2.75) is 33.2 Å². The molecule has 0 aliphatic carbocycles.